The molecule has 0 amide bonds. The average Bonchev–Trinajstić information content (AvgIpc) is 2.91. The van der Waals surface area contributed by atoms with E-state index in [1.165, 1.54) is 19.2 Å². The molecule has 6 nitrogen and oxygen atoms in total. The fourth-order valence-corrected chi connectivity index (χ4v) is 3.16. The molecule has 0 radical (unpaired) electrons. The molecule has 24 heavy (non-hydrogen) atoms. The minimum atomic E-state index is -0.723. The Hall–Kier alpha value is -2.09. The standard InChI is InChI=1S/C17H20FN3O3/c1-24-17-19-6-11(7-20-17)8-21-9-14(16(23)15(21)10-22)12-2-4-13(18)5-3-12/h2-7,14-16,22-23H,8-10H2,1H3/t14-,15-,16-/m1/s1. The first-order valence-electron chi connectivity index (χ1n) is 7.75. The lowest BCUT2D eigenvalue weighted by Gasteiger charge is -2.23. The molecule has 1 aliphatic rings. The fourth-order valence-electron chi connectivity index (χ4n) is 3.16. The summed E-state index contributed by atoms with van der Waals surface area (Å²) in [5, 5.41) is 20.2. The second kappa shape index (κ2) is 7.21. The lowest BCUT2D eigenvalue weighted by atomic mass is 9.94. The fraction of sp³-hybridized carbons (Fsp3) is 0.412. The SMILES string of the molecule is COc1ncc(CN2C[C@H](c3ccc(F)cc3)[C@@H](O)[C@H]2CO)cn1. The maximum Gasteiger partial charge on any atom is 0.316 e. The number of aliphatic hydroxyl groups is 2. The molecule has 0 spiro atoms. The Morgan fingerprint density at radius 3 is 2.50 bits per heavy atom. The van der Waals surface area contributed by atoms with Crippen LogP contribution < -0.4 is 4.74 Å². The summed E-state index contributed by atoms with van der Waals surface area (Å²) in [6, 6.07) is 6.03. The van der Waals surface area contributed by atoms with Crippen LogP contribution in [0.3, 0.4) is 0 Å². The molecular formula is C17H20FN3O3. The number of hydrogen-bond acceptors (Lipinski definition) is 6. The van der Waals surface area contributed by atoms with E-state index >= 15 is 0 Å². The van der Waals surface area contributed by atoms with Gasteiger partial charge in [0.15, 0.2) is 0 Å². The summed E-state index contributed by atoms with van der Waals surface area (Å²) in [6.45, 7) is 0.907. The molecule has 0 unspecified atom stereocenters. The van der Waals surface area contributed by atoms with Gasteiger partial charge in [-0.25, -0.2) is 14.4 Å². The van der Waals surface area contributed by atoms with Crippen LogP contribution in [0.4, 0.5) is 4.39 Å². The van der Waals surface area contributed by atoms with Crippen LogP contribution in [0, 0.1) is 5.82 Å². The minimum Gasteiger partial charge on any atom is -0.467 e. The molecule has 1 aromatic heterocycles. The Morgan fingerprint density at radius 2 is 1.92 bits per heavy atom. The Labute approximate surface area is 139 Å². The normalized spacial score (nSPS) is 24.2. The van der Waals surface area contributed by atoms with Gasteiger partial charge in [0.05, 0.1) is 25.9 Å². The lowest BCUT2D eigenvalue weighted by Crippen LogP contribution is -2.38. The molecule has 0 bridgehead atoms. The number of nitrogens with zero attached hydrogens (tertiary/aromatic N) is 3. The van der Waals surface area contributed by atoms with Crippen LogP contribution in [-0.2, 0) is 6.54 Å². The second-order valence-electron chi connectivity index (χ2n) is 5.91. The van der Waals surface area contributed by atoms with E-state index in [-0.39, 0.29) is 24.4 Å². The van der Waals surface area contributed by atoms with Crippen LogP contribution in [0.2, 0.25) is 0 Å². The first-order chi connectivity index (χ1) is 11.6. The number of hydrogen-bond donors (Lipinski definition) is 2. The van der Waals surface area contributed by atoms with Crippen LogP contribution >= 0.6 is 0 Å². The molecule has 1 aliphatic heterocycles. The van der Waals surface area contributed by atoms with Gasteiger partial charge in [0.1, 0.15) is 5.82 Å². The van der Waals surface area contributed by atoms with Gasteiger partial charge in [0.2, 0.25) is 0 Å². The topological polar surface area (TPSA) is 78.7 Å². The van der Waals surface area contributed by atoms with Gasteiger partial charge in [0.25, 0.3) is 0 Å². The van der Waals surface area contributed by atoms with Gasteiger partial charge in [-0.05, 0) is 17.7 Å². The van der Waals surface area contributed by atoms with Crippen molar-refractivity contribution in [2.24, 2.45) is 0 Å². The molecule has 2 heterocycles. The summed E-state index contributed by atoms with van der Waals surface area (Å²) in [4.78, 5) is 10.1. The monoisotopic (exact) mass is 333 g/mol. The Bertz CT molecular complexity index is 666. The third-order valence-electron chi connectivity index (χ3n) is 4.44. The largest absolute Gasteiger partial charge is 0.467 e. The molecule has 1 aromatic carbocycles. The zero-order valence-electron chi connectivity index (χ0n) is 13.3. The maximum atomic E-state index is 13.1. The first-order valence-corrected chi connectivity index (χ1v) is 7.75. The van der Waals surface area contributed by atoms with E-state index in [9.17, 15) is 14.6 Å². The zero-order chi connectivity index (χ0) is 17.1. The summed E-state index contributed by atoms with van der Waals surface area (Å²) in [6.07, 6.45) is 2.61. The van der Waals surface area contributed by atoms with Crippen molar-refractivity contribution in [1.29, 1.82) is 0 Å². The van der Waals surface area contributed by atoms with Crippen molar-refractivity contribution in [3.8, 4) is 6.01 Å². The first kappa shape index (κ1) is 16.8. The van der Waals surface area contributed by atoms with Crippen molar-refractivity contribution in [2.45, 2.75) is 24.6 Å². The number of rotatable bonds is 5. The number of methoxy groups -OCH3 is 1. The summed E-state index contributed by atoms with van der Waals surface area (Å²) >= 11 is 0. The predicted molar refractivity (Wildman–Crippen MR) is 85.0 cm³/mol. The number of likely N-dealkylation sites (tertiary alicyclic amines) is 1. The van der Waals surface area contributed by atoms with E-state index in [0.717, 1.165) is 11.1 Å². The number of aliphatic hydroxyl groups excluding tert-OH is 2. The molecule has 0 saturated carbocycles. The quantitative estimate of drug-likeness (QED) is 0.848. The highest BCUT2D eigenvalue weighted by Crippen LogP contribution is 2.33. The number of halogens is 1. The van der Waals surface area contributed by atoms with Crippen LogP contribution in [-0.4, -0.2) is 57.5 Å². The van der Waals surface area contributed by atoms with Crippen LogP contribution in [0.15, 0.2) is 36.7 Å². The van der Waals surface area contributed by atoms with Gasteiger partial charge in [-0.3, -0.25) is 4.90 Å². The van der Waals surface area contributed by atoms with Gasteiger partial charge >= 0.3 is 6.01 Å². The predicted octanol–water partition coefficient (Wildman–Crippen LogP) is 0.945. The van der Waals surface area contributed by atoms with E-state index in [1.54, 1.807) is 24.5 Å². The van der Waals surface area contributed by atoms with E-state index in [4.69, 9.17) is 4.74 Å². The van der Waals surface area contributed by atoms with Crippen LogP contribution in [0.1, 0.15) is 17.0 Å². The molecule has 128 valence electrons. The third-order valence-corrected chi connectivity index (χ3v) is 4.44. The van der Waals surface area contributed by atoms with Crippen LogP contribution in [0.5, 0.6) is 6.01 Å². The molecule has 7 heteroatoms. The van der Waals surface area contributed by atoms with Crippen molar-refractivity contribution in [3.63, 3.8) is 0 Å². The van der Waals surface area contributed by atoms with Gasteiger partial charge in [0, 0.05) is 37.0 Å². The summed E-state index contributed by atoms with van der Waals surface area (Å²) in [5.41, 5.74) is 1.72. The number of benzene rings is 1. The highest BCUT2D eigenvalue weighted by atomic mass is 19.1. The lowest BCUT2D eigenvalue weighted by molar-refractivity contribution is 0.0640. The van der Waals surface area contributed by atoms with Crippen LogP contribution in [0.25, 0.3) is 0 Å². The zero-order valence-corrected chi connectivity index (χ0v) is 13.3. The van der Waals surface area contributed by atoms with Crippen molar-refractivity contribution in [2.75, 3.05) is 20.3 Å². The molecule has 2 N–H and O–H groups in total. The minimum absolute atomic E-state index is 0.157. The third kappa shape index (κ3) is 3.38. The Morgan fingerprint density at radius 1 is 1.25 bits per heavy atom. The summed E-state index contributed by atoms with van der Waals surface area (Å²) in [5.74, 6) is -0.487. The Balaban J connectivity index is 1.76. The highest BCUT2D eigenvalue weighted by Gasteiger charge is 2.40. The summed E-state index contributed by atoms with van der Waals surface area (Å²) in [7, 11) is 1.50. The van der Waals surface area contributed by atoms with Crippen molar-refractivity contribution >= 4 is 0 Å². The maximum absolute atomic E-state index is 13.1. The molecule has 2 aromatic rings. The smallest absolute Gasteiger partial charge is 0.316 e. The van der Waals surface area contributed by atoms with Gasteiger partial charge < -0.3 is 14.9 Å². The van der Waals surface area contributed by atoms with E-state index in [1.807, 2.05) is 4.90 Å². The average molecular weight is 333 g/mol. The summed E-state index contributed by atoms with van der Waals surface area (Å²) < 4.78 is 18.0. The number of ether oxygens (including phenoxy) is 1. The van der Waals surface area contributed by atoms with Crippen molar-refractivity contribution in [1.82, 2.24) is 14.9 Å². The van der Waals surface area contributed by atoms with Gasteiger partial charge in [-0.2, -0.15) is 0 Å². The highest BCUT2D eigenvalue weighted by molar-refractivity contribution is 5.25. The second-order valence-corrected chi connectivity index (χ2v) is 5.91. The Kier molecular flexibility index (Phi) is 5.03. The van der Waals surface area contributed by atoms with E-state index in [2.05, 4.69) is 9.97 Å². The van der Waals surface area contributed by atoms with E-state index < -0.39 is 6.10 Å². The van der Waals surface area contributed by atoms with Gasteiger partial charge in [-0.1, -0.05) is 12.1 Å². The number of aromatic nitrogens is 2. The van der Waals surface area contributed by atoms with E-state index in [0.29, 0.717) is 19.1 Å². The van der Waals surface area contributed by atoms with Gasteiger partial charge in [-0.15, -0.1) is 0 Å². The molecule has 3 atom stereocenters. The van der Waals surface area contributed by atoms with Crippen molar-refractivity contribution < 1.29 is 19.3 Å². The molecule has 1 saturated heterocycles. The van der Waals surface area contributed by atoms with Crippen molar-refractivity contribution in [3.05, 3.63) is 53.6 Å². The molecule has 1 fully saturated rings. The molecular weight excluding hydrogens is 313 g/mol. The molecule has 3 rings (SSSR count). The molecule has 0 aliphatic carbocycles.